The van der Waals surface area contributed by atoms with Crippen LogP contribution in [0.2, 0.25) is 5.02 Å². The molecule has 8 heteroatoms. The second kappa shape index (κ2) is 8.67. The van der Waals surface area contributed by atoms with E-state index in [4.69, 9.17) is 16.3 Å². The molecule has 2 aromatic carbocycles. The van der Waals surface area contributed by atoms with Gasteiger partial charge in [0.25, 0.3) is 5.91 Å². The summed E-state index contributed by atoms with van der Waals surface area (Å²) in [5.74, 6) is 0.127. The Labute approximate surface area is 170 Å². The minimum Gasteiger partial charge on any atom is -0.478 e. The monoisotopic (exact) mass is 422 g/mol. The first kappa shape index (κ1) is 21.8. The van der Waals surface area contributed by atoms with Gasteiger partial charge in [0.1, 0.15) is 5.75 Å². The maximum absolute atomic E-state index is 12.7. The lowest BCUT2D eigenvalue weighted by atomic mass is 10.1. The zero-order chi connectivity index (χ0) is 20.9. The molecule has 150 valence electrons. The van der Waals surface area contributed by atoms with Gasteiger partial charge in [-0.25, -0.2) is 8.42 Å². The summed E-state index contributed by atoms with van der Waals surface area (Å²) in [7, 11) is -3.48. The predicted molar refractivity (Wildman–Crippen MR) is 114 cm³/mol. The Hall–Kier alpha value is -2.51. The van der Waals surface area contributed by atoms with Crippen molar-refractivity contribution in [2.45, 2.75) is 19.4 Å². The fourth-order valence-electron chi connectivity index (χ4n) is 2.41. The smallest absolute Gasteiger partial charge is 0.267 e. The molecule has 6 nitrogen and oxygen atoms in total. The van der Waals surface area contributed by atoms with E-state index in [0.29, 0.717) is 22.1 Å². The Morgan fingerprint density at radius 1 is 1.25 bits per heavy atom. The quantitative estimate of drug-likeness (QED) is 0.650. The van der Waals surface area contributed by atoms with Gasteiger partial charge in [0, 0.05) is 10.7 Å². The number of hydrogen-bond acceptors (Lipinski definition) is 4. The van der Waals surface area contributed by atoms with Gasteiger partial charge < -0.3 is 10.1 Å². The third-order valence-electron chi connectivity index (χ3n) is 3.82. The molecule has 0 aromatic heterocycles. The van der Waals surface area contributed by atoms with Gasteiger partial charge in [0.15, 0.2) is 5.60 Å². The van der Waals surface area contributed by atoms with E-state index in [0.717, 1.165) is 6.26 Å². The van der Waals surface area contributed by atoms with E-state index in [-0.39, 0.29) is 12.5 Å². The minimum absolute atomic E-state index is 0.126. The Kier molecular flexibility index (Phi) is 6.74. The molecule has 0 radical (unpaired) electrons. The van der Waals surface area contributed by atoms with Crippen LogP contribution in [-0.4, -0.2) is 32.7 Å². The molecule has 0 atom stereocenters. The lowest BCUT2D eigenvalue weighted by Crippen LogP contribution is -2.42. The Bertz CT molecular complexity index is 956. The molecular weight excluding hydrogens is 400 g/mol. The highest BCUT2D eigenvalue weighted by Crippen LogP contribution is 2.25. The van der Waals surface area contributed by atoms with Crippen LogP contribution in [0.3, 0.4) is 0 Å². The van der Waals surface area contributed by atoms with Gasteiger partial charge in [0.05, 0.1) is 18.5 Å². The van der Waals surface area contributed by atoms with Crippen LogP contribution in [-0.2, 0) is 14.8 Å². The predicted octanol–water partition coefficient (Wildman–Crippen LogP) is 4.09. The summed E-state index contributed by atoms with van der Waals surface area (Å²) < 4.78 is 31.0. The molecule has 1 amide bonds. The first-order valence-corrected chi connectivity index (χ1v) is 10.7. The third-order valence-corrected chi connectivity index (χ3v) is 5.23. The van der Waals surface area contributed by atoms with E-state index >= 15 is 0 Å². The van der Waals surface area contributed by atoms with Crippen molar-refractivity contribution < 1.29 is 17.9 Å². The summed E-state index contributed by atoms with van der Waals surface area (Å²) in [6.45, 7) is 6.99. The van der Waals surface area contributed by atoms with Gasteiger partial charge in [-0.3, -0.25) is 9.10 Å². The summed E-state index contributed by atoms with van der Waals surface area (Å²) in [6, 6.07) is 13.3. The average Bonchev–Trinajstić information content (AvgIpc) is 2.60. The molecule has 0 aliphatic rings. The van der Waals surface area contributed by atoms with E-state index < -0.39 is 15.6 Å². The molecule has 0 aliphatic carbocycles. The number of sulfonamides is 1. The van der Waals surface area contributed by atoms with Gasteiger partial charge in [-0.2, -0.15) is 0 Å². The Morgan fingerprint density at radius 3 is 2.46 bits per heavy atom. The van der Waals surface area contributed by atoms with E-state index in [2.05, 4.69) is 11.9 Å². The molecule has 0 bridgehead atoms. The summed E-state index contributed by atoms with van der Waals surface area (Å²) in [5, 5.41) is 3.34. The van der Waals surface area contributed by atoms with Crippen molar-refractivity contribution in [2.75, 3.05) is 22.4 Å². The lowest BCUT2D eigenvalue weighted by Gasteiger charge is -2.26. The van der Waals surface area contributed by atoms with Crippen molar-refractivity contribution in [1.29, 1.82) is 0 Å². The van der Waals surface area contributed by atoms with Crippen LogP contribution in [0, 0.1) is 0 Å². The number of nitrogens with zero attached hydrogens (tertiary/aromatic N) is 1. The number of ether oxygens (including phenoxy) is 1. The van der Waals surface area contributed by atoms with Gasteiger partial charge in [-0.1, -0.05) is 23.7 Å². The lowest BCUT2D eigenvalue weighted by molar-refractivity contribution is -0.128. The van der Waals surface area contributed by atoms with Gasteiger partial charge in [-0.05, 0) is 56.3 Å². The van der Waals surface area contributed by atoms with Gasteiger partial charge >= 0.3 is 0 Å². The zero-order valence-corrected chi connectivity index (χ0v) is 17.5. The SMILES string of the molecule is C=CCN(c1cccc(NC(=O)C(C)(C)Oc2ccc(Cl)cc2)c1)S(C)(=O)=O. The molecule has 0 fully saturated rings. The van der Waals surface area contributed by atoms with Crippen LogP contribution in [0.5, 0.6) is 5.75 Å². The summed E-state index contributed by atoms with van der Waals surface area (Å²) in [4.78, 5) is 12.7. The molecule has 2 rings (SSSR count). The number of nitrogens with one attached hydrogen (secondary N) is 1. The molecule has 0 unspecified atom stereocenters. The van der Waals surface area contributed by atoms with Crippen molar-refractivity contribution in [3.8, 4) is 5.75 Å². The number of carbonyl (C=O) groups is 1. The fourth-order valence-corrected chi connectivity index (χ4v) is 3.41. The summed E-state index contributed by atoms with van der Waals surface area (Å²) >= 11 is 5.86. The van der Waals surface area contributed by atoms with Crippen molar-refractivity contribution in [3.63, 3.8) is 0 Å². The highest BCUT2D eigenvalue weighted by atomic mass is 35.5. The number of anilines is 2. The summed E-state index contributed by atoms with van der Waals surface area (Å²) in [5.41, 5.74) is -0.286. The van der Waals surface area contributed by atoms with Crippen LogP contribution in [0.1, 0.15) is 13.8 Å². The zero-order valence-electron chi connectivity index (χ0n) is 16.0. The van der Waals surface area contributed by atoms with Gasteiger partial charge in [0.2, 0.25) is 10.0 Å². The van der Waals surface area contributed by atoms with E-state index in [1.54, 1.807) is 62.4 Å². The largest absolute Gasteiger partial charge is 0.478 e. The number of carbonyl (C=O) groups excluding carboxylic acids is 1. The van der Waals surface area contributed by atoms with Crippen LogP contribution >= 0.6 is 11.6 Å². The second-order valence-electron chi connectivity index (χ2n) is 6.65. The number of halogens is 1. The first-order chi connectivity index (χ1) is 13.0. The molecule has 0 saturated carbocycles. The molecule has 0 aliphatic heterocycles. The van der Waals surface area contributed by atoms with Crippen LogP contribution < -0.4 is 14.4 Å². The van der Waals surface area contributed by atoms with Gasteiger partial charge in [-0.15, -0.1) is 6.58 Å². The number of amides is 1. The van der Waals surface area contributed by atoms with Crippen LogP contribution in [0.4, 0.5) is 11.4 Å². The highest BCUT2D eigenvalue weighted by molar-refractivity contribution is 7.92. The molecule has 1 N–H and O–H groups in total. The highest BCUT2D eigenvalue weighted by Gasteiger charge is 2.30. The Morgan fingerprint density at radius 2 is 1.89 bits per heavy atom. The van der Waals surface area contributed by atoms with Crippen molar-refractivity contribution in [1.82, 2.24) is 0 Å². The number of rotatable bonds is 8. The second-order valence-corrected chi connectivity index (χ2v) is 9.00. The molecule has 0 spiro atoms. The molecule has 28 heavy (non-hydrogen) atoms. The van der Waals surface area contributed by atoms with E-state index in [1.165, 1.54) is 10.4 Å². The molecular formula is C20H23ClN2O4S. The number of benzene rings is 2. The average molecular weight is 423 g/mol. The fraction of sp³-hybridized carbons (Fsp3) is 0.250. The van der Waals surface area contributed by atoms with E-state index in [9.17, 15) is 13.2 Å². The minimum atomic E-state index is -3.48. The molecule has 2 aromatic rings. The summed E-state index contributed by atoms with van der Waals surface area (Å²) in [6.07, 6.45) is 2.61. The van der Waals surface area contributed by atoms with Crippen molar-refractivity contribution in [2.24, 2.45) is 0 Å². The first-order valence-electron chi connectivity index (χ1n) is 8.47. The molecule has 0 heterocycles. The van der Waals surface area contributed by atoms with E-state index in [1.807, 2.05) is 0 Å². The third kappa shape index (κ3) is 5.74. The van der Waals surface area contributed by atoms with Crippen molar-refractivity contribution in [3.05, 3.63) is 66.2 Å². The maximum Gasteiger partial charge on any atom is 0.267 e. The maximum atomic E-state index is 12.7. The standard InChI is InChI=1S/C20H23ClN2O4S/c1-5-13-23(28(4,25)26)17-8-6-7-16(14-17)22-19(24)20(2,3)27-18-11-9-15(21)10-12-18/h5-12,14H,1,13H2,2-4H3,(H,22,24). The van der Waals surface area contributed by atoms with Crippen molar-refractivity contribution >= 4 is 38.9 Å². The topological polar surface area (TPSA) is 75.7 Å². The number of hydrogen-bond donors (Lipinski definition) is 1. The molecule has 0 saturated heterocycles. The van der Waals surface area contributed by atoms with Crippen LogP contribution in [0.15, 0.2) is 61.2 Å². The normalized spacial score (nSPS) is 11.6. The van der Waals surface area contributed by atoms with Crippen LogP contribution in [0.25, 0.3) is 0 Å². The Balaban J connectivity index is 2.19.